The van der Waals surface area contributed by atoms with Crippen LogP contribution in [0.1, 0.15) is 18.3 Å². The summed E-state index contributed by atoms with van der Waals surface area (Å²) in [5.41, 5.74) is 1.92. The highest BCUT2D eigenvalue weighted by molar-refractivity contribution is 6.31. The Hall–Kier alpha value is -1.09. The summed E-state index contributed by atoms with van der Waals surface area (Å²) in [5.74, 6) is 0. The number of nitrogens with one attached hydrogen (secondary N) is 1. The molecule has 0 amide bonds. The number of aromatic nitrogens is 2. The van der Waals surface area contributed by atoms with Crippen LogP contribution in [0.2, 0.25) is 5.02 Å². The smallest absolute Gasteiger partial charge is 0.111 e. The Labute approximate surface area is 112 Å². The second kappa shape index (κ2) is 5.70. The minimum atomic E-state index is -0.0882. The molecule has 18 heavy (non-hydrogen) atoms. The van der Waals surface area contributed by atoms with Crippen LogP contribution in [0.4, 0.5) is 0 Å². The van der Waals surface area contributed by atoms with Gasteiger partial charge >= 0.3 is 0 Å². The topological polar surface area (TPSA) is 56.9 Å². The molecule has 5 nitrogen and oxygen atoms in total. The maximum atomic E-state index is 9.14. The van der Waals surface area contributed by atoms with Gasteiger partial charge in [-0.15, -0.1) is 0 Å². The first-order valence-electron chi connectivity index (χ1n) is 6.22. The fourth-order valence-electron chi connectivity index (χ4n) is 2.25. The summed E-state index contributed by atoms with van der Waals surface area (Å²) in [7, 11) is 1.91. The van der Waals surface area contributed by atoms with Gasteiger partial charge in [0.2, 0.25) is 0 Å². The third-order valence-electron chi connectivity index (χ3n) is 3.36. The van der Waals surface area contributed by atoms with Crippen molar-refractivity contribution in [1.82, 2.24) is 20.0 Å². The van der Waals surface area contributed by atoms with E-state index < -0.39 is 0 Å². The molecule has 6 heteroatoms. The SMILES string of the molecule is CCc1nn(C)c(CN2CCNCC2C#N)c1Cl. The van der Waals surface area contributed by atoms with Crippen LogP contribution >= 0.6 is 11.6 Å². The van der Waals surface area contributed by atoms with Crippen molar-refractivity contribution in [1.29, 1.82) is 5.26 Å². The summed E-state index contributed by atoms with van der Waals surface area (Å²) in [4.78, 5) is 2.15. The summed E-state index contributed by atoms with van der Waals surface area (Å²) in [6.07, 6.45) is 0.829. The van der Waals surface area contributed by atoms with Crippen molar-refractivity contribution in [2.75, 3.05) is 19.6 Å². The van der Waals surface area contributed by atoms with Gasteiger partial charge in [0.1, 0.15) is 6.04 Å². The highest BCUT2D eigenvalue weighted by Gasteiger charge is 2.24. The van der Waals surface area contributed by atoms with Crippen LogP contribution in [0.5, 0.6) is 0 Å². The van der Waals surface area contributed by atoms with Gasteiger partial charge in [-0.1, -0.05) is 18.5 Å². The molecule has 1 aliphatic rings. The third-order valence-corrected chi connectivity index (χ3v) is 3.80. The Balaban J connectivity index is 2.18. The minimum absolute atomic E-state index is 0.0882. The van der Waals surface area contributed by atoms with E-state index in [1.165, 1.54) is 0 Å². The van der Waals surface area contributed by atoms with Gasteiger partial charge in [0.25, 0.3) is 0 Å². The summed E-state index contributed by atoms with van der Waals surface area (Å²) in [6, 6.07) is 2.24. The highest BCUT2D eigenvalue weighted by Crippen LogP contribution is 2.23. The first-order valence-corrected chi connectivity index (χ1v) is 6.59. The monoisotopic (exact) mass is 267 g/mol. The van der Waals surface area contributed by atoms with E-state index in [1.54, 1.807) is 0 Å². The largest absolute Gasteiger partial charge is 0.313 e. The van der Waals surface area contributed by atoms with Gasteiger partial charge in [0, 0.05) is 33.2 Å². The zero-order valence-electron chi connectivity index (χ0n) is 10.8. The van der Waals surface area contributed by atoms with Gasteiger partial charge in [0.05, 0.1) is 22.5 Å². The second-order valence-corrected chi connectivity index (χ2v) is 4.88. The molecule has 0 aromatic carbocycles. The van der Waals surface area contributed by atoms with E-state index in [4.69, 9.17) is 16.9 Å². The minimum Gasteiger partial charge on any atom is -0.313 e. The Morgan fingerprint density at radius 1 is 1.61 bits per heavy atom. The molecular formula is C12H18ClN5. The van der Waals surface area contributed by atoms with Crippen LogP contribution in [-0.2, 0) is 20.0 Å². The van der Waals surface area contributed by atoms with Crippen LogP contribution in [0.3, 0.4) is 0 Å². The fraction of sp³-hybridized carbons (Fsp3) is 0.667. The number of nitriles is 1. The van der Waals surface area contributed by atoms with Gasteiger partial charge in [-0.05, 0) is 6.42 Å². The molecule has 0 saturated carbocycles. The lowest BCUT2D eigenvalue weighted by Crippen LogP contribution is -2.50. The Kier molecular flexibility index (Phi) is 4.23. The first kappa shape index (κ1) is 13.3. The lowest BCUT2D eigenvalue weighted by atomic mass is 10.2. The van der Waals surface area contributed by atoms with E-state index in [2.05, 4.69) is 21.4 Å². The normalized spacial score (nSPS) is 20.9. The summed E-state index contributed by atoms with van der Waals surface area (Å²) >= 11 is 6.33. The molecule has 0 spiro atoms. The molecular weight excluding hydrogens is 250 g/mol. The molecule has 98 valence electrons. The van der Waals surface area contributed by atoms with E-state index in [0.29, 0.717) is 13.1 Å². The van der Waals surface area contributed by atoms with Gasteiger partial charge in [0.15, 0.2) is 0 Å². The molecule has 1 aliphatic heterocycles. The number of hydrogen-bond acceptors (Lipinski definition) is 4. The van der Waals surface area contributed by atoms with Gasteiger partial charge in [-0.25, -0.2) is 0 Å². The van der Waals surface area contributed by atoms with Crippen molar-refractivity contribution in [3.63, 3.8) is 0 Å². The molecule has 1 saturated heterocycles. The van der Waals surface area contributed by atoms with Crippen molar-refractivity contribution in [2.45, 2.75) is 25.9 Å². The molecule has 0 aliphatic carbocycles. The number of aryl methyl sites for hydroxylation is 2. The Morgan fingerprint density at radius 2 is 2.39 bits per heavy atom. The molecule has 0 radical (unpaired) electrons. The number of hydrogen-bond donors (Lipinski definition) is 1. The molecule has 1 aromatic heterocycles. The molecule has 1 N–H and O–H groups in total. The van der Waals surface area contributed by atoms with Crippen LogP contribution in [0, 0.1) is 11.3 Å². The van der Waals surface area contributed by atoms with E-state index in [1.807, 2.05) is 18.7 Å². The van der Waals surface area contributed by atoms with Crippen molar-refractivity contribution in [3.8, 4) is 6.07 Å². The van der Waals surface area contributed by atoms with Gasteiger partial charge in [-0.2, -0.15) is 10.4 Å². The second-order valence-electron chi connectivity index (χ2n) is 4.50. The maximum absolute atomic E-state index is 9.14. The van der Waals surface area contributed by atoms with Crippen molar-refractivity contribution < 1.29 is 0 Å². The average molecular weight is 268 g/mol. The maximum Gasteiger partial charge on any atom is 0.111 e. The zero-order valence-corrected chi connectivity index (χ0v) is 11.5. The molecule has 1 fully saturated rings. The summed E-state index contributed by atoms with van der Waals surface area (Å²) in [6.45, 7) is 5.21. The van der Waals surface area contributed by atoms with E-state index in [0.717, 1.165) is 35.9 Å². The number of halogens is 1. The average Bonchev–Trinajstić information content (AvgIpc) is 2.66. The predicted molar refractivity (Wildman–Crippen MR) is 70.3 cm³/mol. The van der Waals surface area contributed by atoms with E-state index >= 15 is 0 Å². The number of rotatable bonds is 3. The number of piperazine rings is 1. The van der Waals surface area contributed by atoms with Crippen LogP contribution in [0.15, 0.2) is 0 Å². The quantitative estimate of drug-likeness (QED) is 0.885. The zero-order chi connectivity index (χ0) is 13.1. The van der Waals surface area contributed by atoms with Crippen LogP contribution in [0.25, 0.3) is 0 Å². The van der Waals surface area contributed by atoms with Gasteiger partial charge < -0.3 is 5.32 Å². The molecule has 1 aromatic rings. The fourth-order valence-corrected chi connectivity index (χ4v) is 2.60. The Morgan fingerprint density at radius 3 is 3.00 bits per heavy atom. The number of nitrogens with zero attached hydrogens (tertiary/aromatic N) is 4. The summed E-state index contributed by atoms with van der Waals surface area (Å²) in [5, 5.41) is 17.5. The van der Waals surface area contributed by atoms with Crippen molar-refractivity contribution >= 4 is 11.6 Å². The van der Waals surface area contributed by atoms with Crippen molar-refractivity contribution in [2.24, 2.45) is 7.05 Å². The summed E-state index contributed by atoms with van der Waals surface area (Å²) < 4.78 is 1.83. The lowest BCUT2D eigenvalue weighted by Gasteiger charge is -2.31. The predicted octanol–water partition coefficient (Wildman–Crippen LogP) is 0.933. The van der Waals surface area contributed by atoms with Crippen LogP contribution < -0.4 is 5.32 Å². The molecule has 0 bridgehead atoms. The van der Waals surface area contributed by atoms with Gasteiger partial charge in [-0.3, -0.25) is 9.58 Å². The lowest BCUT2D eigenvalue weighted by molar-refractivity contribution is 0.185. The molecule has 2 heterocycles. The molecule has 1 atom stereocenters. The van der Waals surface area contributed by atoms with Crippen molar-refractivity contribution in [3.05, 3.63) is 16.4 Å². The first-order chi connectivity index (χ1) is 8.67. The third kappa shape index (κ3) is 2.51. The standard InChI is InChI=1S/C12H18ClN5/c1-3-10-12(13)11(17(2)16-10)8-18-5-4-15-7-9(18)6-14/h9,15H,3-5,7-8H2,1-2H3. The van der Waals surface area contributed by atoms with E-state index in [9.17, 15) is 0 Å². The van der Waals surface area contributed by atoms with E-state index in [-0.39, 0.29) is 6.04 Å². The molecule has 2 rings (SSSR count). The highest BCUT2D eigenvalue weighted by atomic mass is 35.5. The Bertz CT molecular complexity index is 462. The van der Waals surface area contributed by atoms with Crippen LogP contribution in [-0.4, -0.2) is 40.4 Å². The molecule has 1 unspecified atom stereocenters.